The van der Waals surface area contributed by atoms with Crippen molar-refractivity contribution in [2.45, 2.75) is 73.3 Å². The fourth-order valence-corrected chi connectivity index (χ4v) is 6.78. The molecule has 0 saturated heterocycles. The zero-order chi connectivity index (χ0) is 37.6. The van der Waals surface area contributed by atoms with Gasteiger partial charge in [-0.2, -0.15) is 5.10 Å². The average molecular weight is 732 g/mol. The molecule has 2 heterocycles. The van der Waals surface area contributed by atoms with Gasteiger partial charge in [0, 0.05) is 34.7 Å². The number of nitrogens with one attached hydrogen (secondary N) is 4. The number of H-pyrrole nitrogens is 1. The van der Waals surface area contributed by atoms with E-state index in [1.807, 2.05) is 32.9 Å². The molecule has 0 radical (unpaired) electrons. The highest BCUT2D eigenvalue weighted by Gasteiger charge is 2.44. The van der Waals surface area contributed by atoms with E-state index >= 15 is 0 Å². The number of aromatic nitrogens is 4. The molecule has 51 heavy (non-hydrogen) atoms. The van der Waals surface area contributed by atoms with Crippen LogP contribution in [0.25, 0.3) is 10.9 Å². The molecule has 4 rings (SSSR count). The van der Waals surface area contributed by atoms with E-state index < -0.39 is 30.9 Å². The van der Waals surface area contributed by atoms with E-state index in [0.717, 1.165) is 12.5 Å². The van der Waals surface area contributed by atoms with Gasteiger partial charge < -0.3 is 30.5 Å². The molecule has 6 N–H and O–H groups in total. The highest BCUT2D eigenvalue weighted by molar-refractivity contribution is 7.46. The Hall–Kier alpha value is -4.01. The van der Waals surface area contributed by atoms with Gasteiger partial charge in [0.2, 0.25) is 5.91 Å². The van der Waals surface area contributed by atoms with E-state index in [1.54, 1.807) is 12.1 Å². The third-order valence-electron chi connectivity index (χ3n) is 8.30. The standard InChI is InChI=1S/C35H48F2N7O6P/c1-33(2,3)20-35(7,28(34(4,5)6)19-50-51(46,47)48)40-14-9-15-49-23-12-13-24-27(18-23)38-21-39-32(24)42-29-16-22(43-44-29)17-30(45)41-26-11-8-10-25(36)31(26)37/h8,10-13,16,18,21,28,40H,9,14-15,17,19-20H2,1-7H3,(H,41,45)(H2,46,47,48)(H2,38,39,42,43,44). The van der Waals surface area contributed by atoms with Crippen molar-refractivity contribution in [1.29, 1.82) is 0 Å². The van der Waals surface area contributed by atoms with Gasteiger partial charge in [0.25, 0.3) is 0 Å². The maximum absolute atomic E-state index is 13.9. The van der Waals surface area contributed by atoms with Crippen LogP contribution in [0.15, 0.2) is 48.8 Å². The minimum atomic E-state index is -4.63. The van der Waals surface area contributed by atoms with Crippen molar-refractivity contribution >= 4 is 42.0 Å². The molecule has 2 unspecified atom stereocenters. The number of rotatable bonds is 16. The molecule has 2 aromatic carbocycles. The summed E-state index contributed by atoms with van der Waals surface area (Å²) < 4.78 is 50.0. The lowest BCUT2D eigenvalue weighted by molar-refractivity contribution is -0.115. The number of hydrogen-bond acceptors (Lipinski definition) is 9. The fourth-order valence-electron chi connectivity index (χ4n) is 6.44. The fraction of sp³-hybridized carbons (Fsp3) is 0.486. The Kier molecular flexibility index (Phi) is 12.6. The number of fused-ring (bicyclic) bond motifs is 1. The van der Waals surface area contributed by atoms with Gasteiger partial charge in [0.15, 0.2) is 17.5 Å². The molecule has 0 aliphatic carbocycles. The van der Waals surface area contributed by atoms with Crippen molar-refractivity contribution in [1.82, 2.24) is 25.5 Å². The first kappa shape index (κ1) is 39.8. The summed E-state index contributed by atoms with van der Waals surface area (Å²) in [4.78, 5) is 40.0. The predicted molar refractivity (Wildman–Crippen MR) is 192 cm³/mol. The molecule has 13 nitrogen and oxygen atoms in total. The summed E-state index contributed by atoms with van der Waals surface area (Å²) in [5.74, 6) is -1.44. The van der Waals surface area contributed by atoms with Gasteiger partial charge in [-0.3, -0.25) is 14.4 Å². The first-order valence-electron chi connectivity index (χ1n) is 16.6. The van der Waals surface area contributed by atoms with Crippen molar-refractivity contribution in [3.63, 3.8) is 0 Å². The number of ether oxygens (including phenoxy) is 1. The monoisotopic (exact) mass is 731 g/mol. The maximum atomic E-state index is 13.9. The van der Waals surface area contributed by atoms with E-state index in [0.29, 0.717) is 53.6 Å². The van der Waals surface area contributed by atoms with Crippen LogP contribution >= 0.6 is 7.82 Å². The quantitative estimate of drug-likeness (QED) is 0.0522. The summed E-state index contributed by atoms with van der Waals surface area (Å²) in [6.07, 6.45) is 2.68. The molecule has 278 valence electrons. The second-order valence-electron chi connectivity index (χ2n) is 15.1. The van der Waals surface area contributed by atoms with Crippen LogP contribution in [0.2, 0.25) is 0 Å². The van der Waals surface area contributed by atoms with Crippen LogP contribution in [0.3, 0.4) is 0 Å². The lowest BCUT2D eigenvalue weighted by atomic mass is 9.65. The third kappa shape index (κ3) is 11.8. The van der Waals surface area contributed by atoms with Crippen LogP contribution in [0, 0.1) is 28.4 Å². The number of benzene rings is 2. The zero-order valence-corrected chi connectivity index (χ0v) is 30.9. The number of aromatic amines is 1. The van der Waals surface area contributed by atoms with Crippen molar-refractivity contribution < 1.29 is 37.2 Å². The number of halogens is 2. The molecule has 4 aromatic rings. The third-order valence-corrected chi connectivity index (χ3v) is 8.79. The molecule has 0 spiro atoms. The average Bonchev–Trinajstić information content (AvgIpc) is 3.43. The Labute approximate surface area is 296 Å². The summed E-state index contributed by atoms with van der Waals surface area (Å²) in [6, 6.07) is 10.6. The highest BCUT2D eigenvalue weighted by atomic mass is 31.2. The molecular formula is C35H48F2N7O6P. The van der Waals surface area contributed by atoms with Gasteiger partial charge in [-0.1, -0.05) is 47.6 Å². The molecule has 16 heteroatoms. The number of hydrogen-bond donors (Lipinski definition) is 6. The first-order chi connectivity index (χ1) is 23.7. The second-order valence-corrected chi connectivity index (χ2v) is 16.4. The lowest BCUT2D eigenvalue weighted by Gasteiger charge is -2.48. The molecule has 0 aliphatic heterocycles. The molecule has 2 aromatic heterocycles. The van der Waals surface area contributed by atoms with E-state index in [9.17, 15) is 27.9 Å². The zero-order valence-electron chi connectivity index (χ0n) is 30.0. The van der Waals surface area contributed by atoms with Gasteiger partial charge in [-0.15, -0.1) is 0 Å². The topological polar surface area (TPSA) is 184 Å². The number of nitrogens with zero attached hydrogens (tertiary/aromatic N) is 3. The molecule has 0 aliphatic rings. The smallest absolute Gasteiger partial charge is 0.469 e. The summed E-state index contributed by atoms with van der Waals surface area (Å²) in [5, 5.41) is 16.8. The SMILES string of the molecule is CC(C)(C)CC(C)(NCCCOc1ccc2c(Nc3cc(CC(=O)Nc4cccc(F)c4F)[nH]n3)ncnc2c1)C(COP(=O)(O)O)C(C)(C)C. The van der Waals surface area contributed by atoms with E-state index in [-0.39, 0.29) is 35.5 Å². The number of anilines is 3. The summed E-state index contributed by atoms with van der Waals surface area (Å²) in [6.45, 7) is 15.6. The molecule has 2 atom stereocenters. The molecule has 0 bridgehead atoms. The molecule has 0 saturated carbocycles. The van der Waals surface area contributed by atoms with Gasteiger partial charge in [0.05, 0.1) is 30.8 Å². The number of carbonyl (C=O) groups excluding carboxylic acids is 1. The van der Waals surface area contributed by atoms with Crippen molar-refractivity contribution in [2.24, 2.45) is 16.7 Å². The number of phosphoric ester groups is 1. The summed E-state index contributed by atoms with van der Waals surface area (Å²) in [5.41, 5.74) is -0.0268. The number of phosphoric acid groups is 1. The Balaban J connectivity index is 1.34. The molecule has 0 fully saturated rings. The lowest BCUT2D eigenvalue weighted by Crippen LogP contribution is -2.56. The largest absolute Gasteiger partial charge is 0.493 e. The highest BCUT2D eigenvalue weighted by Crippen LogP contribution is 2.45. The molecular weight excluding hydrogens is 683 g/mol. The molecule has 1 amide bonds. The Morgan fingerprint density at radius 3 is 2.47 bits per heavy atom. The van der Waals surface area contributed by atoms with Crippen molar-refractivity contribution in [3.05, 3.63) is 66.1 Å². The summed E-state index contributed by atoms with van der Waals surface area (Å²) >= 11 is 0. The minimum absolute atomic E-state index is 0.0618. The van der Waals surface area contributed by atoms with Crippen molar-refractivity contribution in [2.75, 3.05) is 30.4 Å². The Bertz CT molecular complexity index is 1860. The maximum Gasteiger partial charge on any atom is 0.469 e. The van der Waals surface area contributed by atoms with Gasteiger partial charge in [-0.05, 0) is 61.4 Å². The minimum Gasteiger partial charge on any atom is -0.493 e. The van der Waals surface area contributed by atoms with Gasteiger partial charge >= 0.3 is 7.82 Å². The normalized spacial score (nSPS) is 14.3. The Morgan fingerprint density at radius 2 is 1.78 bits per heavy atom. The van der Waals surface area contributed by atoms with Crippen LogP contribution in [-0.2, 0) is 20.3 Å². The summed E-state index contributed by atoms with van der Waals surface area (Å²) in [7, 11) is -4.63. The number of carbonyl (C=O) groups is 1. The van der Waals surface area contributed by atoms with Crippen LogP contribution < -0.4 is 20.7 Å². The van der Waals surface area contributed by atoms with E-state index in [2.05, 4.69) is 63.8 Å². The van der Waals surface area contributed by atoms with Gasteiger partial charge in [-0.25, -0.2) is 23.3 Å². The van der Waals surface area contributed by atoms with Crippen LogP contribution in [0.4, 0.5) is 26.1 Å². The van der Waals surface area contributed by atoms with E-state index in [4.69, 9.17) is 9.26 Å². The Morgan fingerprint density at radius 1 is 1.04 bits per heavy atom. The number of amides is 1. The first-order valence-corrected chi connectivity index (χ1v) is 18.1. The second kappa shape index (κ2) is 16.1. The van der Waals surface area contributed by atoms with Gasteiger partial charge in [0.1, 0.15) is 17.9 Å². The van der Waals surface area contributed by atoms with Crippen LogP contribution in [0.1, 0.15) is 67.0 Å². The van der Waals surface area contributed by atoms with E-state index in [1.165, 1.54) is 18.5 Å². The van der Waals surface area contributed by atoms with Crippen LogP contribution in [-0.4, -0.2) is 61.2 Å². The predicted octanol–water partition coefficient (Wildman–Crippen LogP) is 6.88. The van der Waals surface area contributed by atoms with Crippen LogP contribution in [0.5, 0.6) is 5.75 Å². The van der Waals surface area contributed by atoms with Crippen molar-refractivity contribution in [3.8, 4) is 5.75 Å².